The van der Waals surface area contributed by atoms with Crippen LogP contribution in [0.5, 0.6) is 0 Å². The van der Waals surface area contributed by atoms with Crippen LogP contribution in [0.1, 0.15) is 26.2 Å². The minimum absolute atomic E-state index is 0.0143. The summed E-state index contributed by atoms with van der Waals surface area (Å²) in [7, 11) is 0. The zero-order valence-corrected chi connectivity index (χ0v) is 14.0. The number of nitrogens with zero attached hydrogens (tertiary/aromatic N) is 4. The normalized spacial score (nSPS) is 21.0. The molecule has 128 valence electrons. The summed E-state index contributed by atoms with van der Waals surface area (Å²) < 4.78 is 10.6. The standard InChI is InChI=1S/C17H22N4O3/c1-12-6-13(2)9-21(8-12)16(22)11-23-10-15-19-17(20-24-15)14-4-3-5-18-7-14/h3-5,7,12-13H,6,8-11H2,1-2H3. The zero-order chi connectivity index (χ0) is 16.9. The molecule has 7 nitrogen and oxygen atoms in total. The van der Waals surface area contributed by atoms with Crippen molar-refractivity contribution in [3.8, 4) is 11.4 Å². The Balaban J connectivity index is 1.48. The molecule has 2 aromatic heterocycles. The fourth-order valence-corrected chi connectivity index (χ4v) is 3.11. The summed E-state index contributed by atoms with van der Waals surface area (Å²) in [4.78, 5) is 22.4. The maximum absolute atomic E-state index is 12.2. The quantitative estimate of drug-likeness (QED) is 0.835. The van der Waals surface area contributed by atoms with Crippen molar-refractivity contribution in [3.05, 3.63) is 30.4 Å². The molecule has 0 radical (unpaired) electrons. The molecule has 1 amide bonds. The first kappa shape index (κ1) is 16.6. The molecule has 1 aliphatic heterocycles. The third-order valence-corrected chi connectivity index (χ3v) is 4.06. The maximum Gasteiger partial charge on any atom is 0.252 e. The average Bonchev–Trinajstić information content (AvgIpc) is 3.03. The van der Waals surface area contributed by atoms with E-state index in [9.17, 15) is 4.79 Å². The van der Waals surface area contributed by atoms with Crippen LogP contribution in [0.4, 0.5) is 0 Å². The Labute approximate surface area is 141 Å². The third kappa shape index (κ3) is 4.17. The van der Waals surface area contributed by atoms with E-state index in [1.807, 2.05) is 11.0 Å². The molecule has 0 bridgehead atoms. The minimum atomic E-state index is 0.0143. The number of hydrogen-bond acceptors (Lipinski definition) is 6. The lowest BCUT2D eigenvalue weighted by Crippen LogP contribution is -2.44. The Morgan fingerprint density at radius 1 is 1.38 bits per heavy atom. The molecule has 3 rings (SSSR count). The monoisotopic (exact) mass is 330 g/mol. The molecule has 0 N–H and O–H groups in total. The van der Waals surface area contributed by atoms with Crippen LogP contribution in [0.2, 0.25) is 0 Å². The first-order valence-electron chi connectivity index (χ1n) is 8.20. The van der Waals surface area contributed by atoms with Crippen LogP contribution in [0.15, 0.2) is 29.0 Å². The predicted octanol–water partition coefficient (Wildman–Crippen LogP) is 2.15. The van der Waals surface area contributed by atoms with Gasteiger partial charge >= 0.3 is 0 Å². The van der Waals surface area contributed by atoms with Gasteiger partial charge in [0.15, 0.2) is 0 Å². The number of amides is 1. The Morgan fingerprint density at radius 2 is 2.17 bits per heavy atom. The Morgan fingerprint density at radius 3 is 2.88 bits per heavy atom. The second kappa shape index (κ2) is 7.53. The molecule has 2 aromatic rings. The second-order valence-corrected chi connectivity index (χ2v) is 6.49. The maximum atomic E-state index is 12.2. The summed E-state index contributed by atoms with van der Waals surface area (Å²) in [6, 6.07) is 3.66. The van der Waals surface area contributed by atoms with Crippen LogP contribution in [-0.2, 0) is 16.1 Å². The van der Waals surface area contributed by atoms with Gasteiger partial charge in [0.2, 0.25) is 11.7 Å². The van der Waals surface area contributed by atoms with Crippen LogP contribution < -0.4 is 0 Å². The zero-order valence-electron chi connectivity index (χ0n) is 14.0. The number of aromatic nitrogens is 3. The fourth-order valence-electron chi connectivity index (χ4n) is 3.11. The van der Waals surface area contributed by atoms with Gasteiger partial charge < -0.3 is 14.2 Å². The SMILES string of the molecule is CC1CC(C)CN(C(=O)COCc2nc(-c3cccnc3)no2)C1. The minimum Gasteiger partial charge on any atom is -0.362 e. The van der Waals surface area contributed by atoms with Crippen LogP contribution in [0.3, 0.4) is 0 Å². The lowest BCUT2D eigenvalue weighted by atomic mass is 9.92. The summed E-state index contributed by atoms with van der Waals surface area (Å²) in [6.45, 7) is 6.11. The van der Waals surface area contributed by atoms with Crippen LogP contribution >= 0.6 is 0 Å². The summed E-state index contributed by atoms with van der Waals surface area (Å²) in [6.07, 6.45) is 4.52. The molecular formula is C17H22N4O3. The molecule has 1 fully saturated rings. The Kier molecular flexibility index (Phi) is 5.20. The molecule has 2 unspecified atom stereocenters. The van der Waals surface area contributed by atoms with Gasteiger partial charge in [-0.05, 0) is 30.4 Å². The van der Waals surface area contributed by atoms with Crippen molar-refractivity contribution in [2.24, 2.45) is 11.8 Å². The highest BCUT2D eigenvalue weighted by Gasteiger charge is 2.25. The van der Waals surface area contributed by atoms with Crippen LogP contribution in [0.25, 0.3) is 11.4 Å². The van der Waals surface area contributed by atoms with Gasteiger partial charge in [0.1, 0.15) is 13.2 Å². The molecular weight excluding hydrogens is 308 g/mol. The van der Waals surface area contributed by atoms with Gasteiger partial charge in [0.05, 0.1) is 0 Å². The Bertz CT molecular complexity index is 663. The first-order chi connectivity index (χ1) is 11.6. The van der Waals surface area contributed by atoms with E-state index in [0.29, 0.717) is 23.6 Å². The molecule has 1 aliphatic rings. The third-order valence-electron chi connectivity index (χ3n) is 4.06. The second-order valence-electron chi connectivity index (χ2n) is 6.49. The van der Waals surface area contributed by atoms with Crippen molar-refractivity contribution in [3.63, 3.8) is 0 Å². The van der Waals surface area contributed by atoms with Gasteiger partial charge in [-0.25, -0.2) is 0 Å². The fraction of sp³-hybridized carbons (Fsp3) is 0.529. The number of carbonyl (C=O) groups is 1. The summed E-state index contributed by atoms with van der Waals surface area (Å²) in [5, 5.41) is 3.89. The highest BCUT2D eigenvalue weighted by Crippen LogP contribution is 2.21. The molecule has 2 atom stereocenters. The van der Waals surface area contributed by atoms with Crippen molar-refractivity contribution in [1.29, 1.82) is 0 Å². The van der Waals surface area contributed by atoms with Gasteiger partial charge in [-0.1, -0.05) is 19.0 Å². The van der Waals surface area contributed by atoms with E-state index < -0.39 is 0 Å². The van der Waals surface area contributed by atoms with E-state index in [2.05, 4.69) is 29.0 Å². The van der Waals surface area contributed by atoms with Gasteiger partial charge in [0.25, 0.3) is 5.89 Å². The van der Waals surface area contributed by atoms with Crippen molar-refractivity contribution in [2.75, 3.05) is 19.7 Å². The molecule has 24 heavy (non-hydrogen) atoms. The summed E-state index contributed by atoms with van der Waals surface area (Å²) >= 11 is 0. The number of rotatable bonds is 5. The molecule has 0 aliphatic carbocycles. The first-order valence-corrected chi connectivity index (χ1v) is 8.20. The Hall–Kier alpha value is -2.28. The van der Waals surface area contributed by atoms with E-state index in [1.165, 1.54) is 6.42 Å². The smallest absolute Gasteiger partial charge is 0.252 e. The number of likely N-dealkylation sites (tertiary alicyclic amines) is 1. The van der Waals surface area contributed by atoms with Crippen molar-refractivity contribution < 1.29 is 14.1 Å². The molecule has 7 heteroatoms. The summed E-state index contributed by atoms with van der Waals surface area (Å²) in [5.74, 6) is 1.90. The number of piperidine rings is 1. The highest BCUT2D eigenvalue weighted by molar-refractivity contribution is 5.77. The lowest BCUT2D eigenvalue weighted by molar-refractivity contribution is -0.139. The predicted molar refractivity (Wildman–Crippen MR) is 86.7 cm³/mol. The summed E-state index contributed by atoms with van der Waals surface area (Å²) in [5.41, 5.74) is 0.778. The number of hydrogen-bond donors (Lipinski definition) is 0. The van der Waals surface area contributed by atoms with Gasteiger partial charge in [-0.3, -0.25) is 9.78 Å². The largest absolute Gasteiger partial charge is 0.362 e. The van der Waals surface area contributed by atoms with E-state index in [-0.39, 0.29) is 19.1 Å². The average molecular weight is 330 g/mol. The highest BCUT2D eigenvalue weighted by atomic mass is 16.5. The van der Waals surface area contributed by atoms with Crippen LogP contribution in [-0.4, -0.2) is 45.6 Å². The van der Waals surface area contributed by atoms with E-state index in [1.54, 1.807) is 18.5 Å². The van der Waals surface area contributed by atoms with Gasteiger partial charge in [-0.15, -0.1) is 0 Å². The number of ether oxygens (including phenoxy) is 1. The van der Waals surface area contributed by atoms with E-state index in [4.69, 9.17) is 9.26 Å². The molecule has 1 saturated heterocycles. The van der Waals surface area contributed by atoms with Crippen LogP contribution in [0, 0.1) is 11.8 Å². The lowest BCUT2D eigenvalue weighted by Gasteiger charge is -2.34. The van der Waals surface area contributed by atoms with Gasteiger partial charge in [-0.2, -0.15) is 4.98 Å². The van der Waals surface area contributed by atoms with Crippen molar-refractivity contribution >= 4 is 5.91 Å². The molecule has 0 spiro atoms. The number of carbonyl (C=O) groups excluding carboxylic acids is 1. The topological polar surface area (TPSA) is 81.4 Å². The van der Waals surface area contributed by atoms with E-state index in [0.717, 1.165) is 18.7 Å². The molecule has 0 saturated carbocycles. The number of pyridine rings is 1. The van der Waals surface area contributed by atoms with Crippen molar-refractivity contribution in [1.82, 2.24) is 20.0 Å². The van der Waals surface area contributed by atoms with Crippen molar-refractivity contribution in [2.45, 2.75) is 26.9 Å². The molecule has 0 aromatic carbocycles. The van der Waals surface area contributed by atoms with E-state index >= 15 is 0 Å². The molecule has 3 heterocycles. The van der Waals surface area contributed by atoms with Gasteiger partial charge in [0, 0.05) is 31.0 Å².